The molecule has 0 spiro atoms. The predicted octanol–water partition coefficient (Wildman–Crippen LogP) is -0.461. The topological polar surface area (TPSA) is 134 Å². The van der Waals surface area contributed by atoms with Crippen LogP contribution in [0.1, 0.15) is 19.8 Å². The van der Waals surface area contributed by atoms with E-state index in [1.165, 1.54) is 0 Å². The van der Waals surface area contributed by atoms with Crippen LogP contribution in [0.2, 0.25) is 0 Å². The maximum absolute atomic E-state index is 10.9. The Morgan fingerprint density at radius 1 is 0.923 bits per heavy atom. The minimum Gasteiger partial charge on any atom is -0.379 e. The van der Waals surface area contributed by atoms with E-state index in [0.717, 1.165) is 13.1 Å². The van der Waals surface area contributed by atoms with Crippen LogP contribution >= 0.6 is 0 Å². The highest BCUT2D eigenvalue weighted by Crippen LogP contribution is 2.12. The highest BCUT2D eigenvalue weighted by atomic mass is 32.2. The summed E-state index contributed by atoms with van der Waals surface area (Å²) < 4.78 is 70.3. The van der Waals surface area contributed by atoms with Gasteiger partial charge in [0.25, 0.3) is 20.2 Å². The fourth-order valence-corrected chi connectivity index (χ4v) is 4.32. The lowest BCUT2D eigenvalue weighted by molar-refractivity contribution is 0.0292. The fraction of sp³-hybridized carbons (Fsp3) is 1.00. The van der Waals surface area contributed by atoms with Crippen LogP contribution in [0.3, 0.4) is 0 Å². The molecule has 2 saturated heterocycles. The van der Waals surface area contributed by atoms with Crippen molar-refractivity contribution in [3.63, 3.8) is 0 Å². The first-order valence-corrected chi connectivity index (χ1v) is 11.8. The molecule has 0 radical (unpaired) electrons. The van der Waals surface area contributed by atoms with Crippen LogP contribution in [-0.2, 0) is 29.7 Å². The van der Waals surface area contributed by atoms with Crippen molar-refractivity contribution < 1.29 is 35.4 Å². The maximum atomic E-state index is 10.9. The Morgan fingerprint density at radius 3 is 1.85 bits per heavy atom. The monoisotopic (exact) mass is 418 g/mol. The number of morpholine rings is 2. The second-order valence-corrected chi connectivity index (χ2v) is 9.27. The third-order valence-corrected chi connectivity index (χ3v) is 6.25. The van der Waals surface area contributed by atoms with Gasteiger partial charge in [-0.3, -0.25) is 18.9 Å². The quantitative estimate of drug-likeness (QED) is 0.523. The molecule has 0 aromatic heterocycles. The second-order valence-electron chi connectivity index (χ2n) is 6.12. The van der Waals surface area contributed by atoms with E-state index in [2.05, 4.69) is 4.90 Å². The molecule has 2 aliphatic heterocycles. The van der Waals surface area contributed by atoms with Gasteiger partial charge < -0.3 is 9.47 Å². The average Bonchev–Trinajstić information content (AvgIpc) is 2.56. The van der Waals surface area contributed by atoms with Gasteiger partial charge in [0.2, 0.25) is 0 Å². The average molecular weight is 419 g/mol. The number of hydrogen-bond acceptors (Lipinski definition) is 8. The van der Waals surface area contributed by atoms with E-state index in [0.29, 0.717) is 58.9 Å². The lowest BCUT2D eigenvalue weighted by atomic mass is 10.3. The highest BCUT2D eigenvalue weighted by molar-refractivity contribution is 7.86. The van der Waals surface area contributed by atoms with Crippen molar-refractivity contribution >= 4 is 20.2 Å². The standard InChI is InChI=1S/2C7H15NO4S/c1-2-7(13(9,10)11)8-3-5-12-6-4-8;9-13(10,11)7-1-2-8-3-5-12-6-4-8/h7H,2-6H2,1H3,(H,9,10,11);1-7H2,(H,9,10,11). The van der Waals surface area contributed by atoms with E-state index in [1.807, 2.05) is 0 Å². The van der Waals surface area contributed by atoms with Gasteiger partial charge in [-0.1, -0.05) is 6.92 Å². The Bertz CT molecular complexity index is 584. The van der Waals surface area contributed by atoms with Gasteiger partial charge in [0.15, 0.2) is 0 Å². The first-order chi connectivity index (χ1) is 12.1. The van der Waals surface area contributed by atoms with Crippen molar-refractivity contribution in [1.82, 2.24) is 9.80 Å². The van der Waals surface area contributed by atoms with Crippen LogP contribution in [0.15, 0.2) is 0 Å². The van der Waals surface area contributed by atoms with E-state index in [-0.39, 0.29) is 5.75 Å². The van der Waals surface area contributed by atoms with Crippen LogP contribution in [0, 0.1) is 0 Å². The van der Waals surface area contributed by atoms with Crippen molar-refractivity contribution in [2.75, 3.05) is 64.9 Å². The minimum atomic E-state index is -3.94. The number of nitrogens with zero attached hydrogens (tertiary/aromatic N) is 2. The molecule has 10 nitrogen and oxygen atoms in total. The molecule has 2 N–H and O–H groups in total. The summed E-state index contributed by atoms with van der Waals surface area (Å²) in [4.78, 5) is 3.87. The zero-order valence-corrected chi connectivity index (χ0v) is 16.8. The zero-order valence-electron chi connectivity index (χ0n) is 15.1. The van der Waals surface area contributed by atoms with Gasteiger partial charge in [-0.05, 0) is 19.4 Å². The summed E-state index contributed by atoms with van der Waals surface area (Å²) in [6.45, 7) is 7.79. The first kappa shape index (κ1) is 23.7. The fourth-order valence-electron chi connectivity index (χ4n) is 2.82. The second kappa shape index (κ2) is 11.5. The molecular weight excluding hydrogens is 388 g/mol. The summed E-state index contributed by atoms with van der Waals surface area (Å²) in [5.74, 6) is -0.148. The number of ether oxygens (including phenoxy) is 2. The molecule has 1 unspecified atom stereocenters. The molecule has 1 atom stereocenters. The highest BCUT2D eigenvalue weighted by Gasteiger charge is 2.29. The Kier molecular flexibility index (Phi) is 10.5. The largest absolute Gasteiger partial charge is 0.379 e. The third kappa shape index (κ3) is 10.1. The van der Waals surface area contributed by atoms with Crippen LogP contribution < -0.4 is 0 Å². The summed E-state index contributed by atoms with van der Waals surface area (Å²) in [6.07, 6.45) is 0.887. The Balaban J connectivity index is 0.000000260. The molecule has 12 heteroatoms. The van der Waals surface area contributed by atoms with Crippen LogP contribution in [-0.4, -0.2) is 106 Å². The molecule has 2 aliphatic rings. The van der Waals surface area contributed by atoms with Crippen molar-refractivity contribution in [1.29, 1.82) is 0 Å². The van der Waals surface area contributed by atoms with Crippen molar-refractivity contribution in [3.8, 4) is 0 Å². The molecule has 0 aliphatic carbocycles. The van der Waals surface area contributed by atoms with E-state index in [9.17, 15) is 16.8 Å². The summed E-state index contributed by atoms with van der Waals surface area (Å²) in [6, 6.07) is 0. The predicted molar refractivity (Wildman–Crippen MR) is 96.3 cm³/mol. The van der Waals surface area contributed by atoms with Crippen LogP contribution in [0.4, 0.5) is 0 Å². The molecule has 2 fully saturated rings. The number of rotatable bonds is 7. The van der Waals surface area contributed by atoms with Gasteiger partial charge >= 0.3 is 0 Å². The molecule has 2 heterocycles. The summed E-state index contributed by atoms with van der Waals surface area (Å²) in [5.41, 5.74) is 0. The molecule has 0 amide bonds. The number of hydrogen-bond donors (Lipinski definition) is 2. The van der Waals surface area contributed by atoms with Gasteiger partial charge in [0.1, 0.15) is 5.37 Å². The van der Waals surface area contributed by atoms with Crippen LogP contribution in [0.5, 0.6) is 0 Å². The Morgan fingerprint density at radius 2 is 1.42 bits per heavy atom. The minimum absolute atomic E-state index is 0.148. The smallest absolute Gasteiger partial charge is 0.281 e. The van der Waals surface area contributed by atoms with E-state index >= 15 is 0 Å². The SMILES string of the molecule is CCC(N1CCOCC1)S(=O)(=O)O.O=S(=O)(O)CCCN1CCOCC1. The van der Waals surface area contributed by atoms with Gasteiger partial charge in [0, 0.05) is 26.2 Å². The summed E-state index contributed by atoms with van der Waals surface area (Å²) in [7, 11) is -7.73. The maximum Gasteiger partial charge on any atom is 0.281 e. The lowest BCUT2D eigenvalue weighted by Crippen LogP contribution is -2.46. The molecule has 0 saturated carbocycles. The molecule has 0 bridgehead atoms. The zero-order chi connectivity index (χ0) is 19.6. The van der Waals surface area contributed by atoms with Gasteiger partial charge in [-0.25, -0.2) is 0 Å². The molecule has 156 valence electrons. The first-order valence-electron chi connectivity index (χ1n) is 8.67. The van der Waals surface area contributed by atoms with Gasteiger partial charge in [-0.15, -0.1) is 0 Å². The van der Waals surface area contributed by atoms with Gasteiger partial charge in [0.05, 0.1) is 32.2 Å². The molecule has 0 aromatic rings. The van der Waals surface area contributed by atoms with Crippen molar-refractivity contribution in [3.05, 3.63) is 0 Å². The van der Waals surface area contributed by atoms with Crippen molar-refractivity contribution in [2.45, 2.75) is 25.1 Å². The summed E-state index contributed by atoms with van der Waals surface area (Å²) >= 11 is 0. The lowest BCUT2D eigenvalue weighted by Gasteiger charge is -2.31. The molecule has 26 heavy (non-hydrogen) atoms. The van der Waals surface area contributed by atoms with E-state index in [4.69, 9.17) is 18.6 Å². The summed E-state index contributed by atoms with van der Waals surface area (Å²) in [5, 5.41) is -0.767. The van der Waals surface area contributed by atoms with E-state index in [1.54, 1.807) is 11.8 Å². The van der Waals surface area contributed by atoms with Crippen LogP contribution in [0.25, 0.3) is 0 Å². The Labute approximate surface area is 155 Å². The van der Waals surface area contributed by atoms with E-state index < -0.39 is 25.6 Å². The Hall–Kier alpha value is -0.340. The molecule has 2 rings (SSSR count). The molecular formula is C14H30N2O8S2. The third-order valence-electron chi connectivity index (χ3n) is 4.13. The van der Waals surface area contributed by atoms with Crippen molar-refractivity contribution in [2.24, 2.45) is 0 Å². The normalized spacial score (nSPS) is 21.7. The van der Waals surface area contributed by atoms with Gasteiger partial charge in [-0.2, -0.15) is 16.8 Å². The molecule has 0 aromatic carbocycles.